The molecule has 14 heavy (non-hydrogen) atoms. The average Bonchev–Trinajstić information content (AvgIpc) is 2.07. The molecule has 0 saturated heterocycles. The van der Waals surface area contributed by atoms with E-state index in [1.165, 1.54) is 9.67 Å². The summed E-state index contributed by atoms with van der Waals surface area (Å²) in [5, 5.41) is 0. The lowest BCUT2D eigenvalue weighted by Gasteiger charge is -2.15. The molecule has 0 N–H and O–H groups in total. The van der Waals surface area contributed by atoms with Crippen molar-refractivity contribution >= 4 is 46.0 Å². The Bertz CT molecular complexity index is 351. The normalized spacial score (nSPS) is 13.1. The van der Waals surface area contributed by atoms with Crippen molar-refractivity contribution in [3.63, 3.8) is 0 Å². The van der Waals surface area contributed by atoms with Crippen molar-refractivity contribution in [3.8, 4) is 0 Å². The van der Waals surface area contributed by atoms with Crippen molar-refractivity contribution < 1.29 is 0 Å². The van der Waals surface area contributed by atoms with Crippen LogP contribution in [0.4, 0.5) is 0 Å². The van der Waals surface area contributed by atoms with Gasteiger partial charge in [0.1, 0.15) is 0 Å². The Morgan fingerprint density at radius 3 is 2.29 bits per heavy atom. The highest BCUT2D eigenvalue weighted by molar-refractivity contribution is 9.12. The zero-order valence-corrected chi connectivity index (χ0v) is 12.8. The van der Waals surface area contributed by atoms with Crippen LogP contribution >= 0.6 is 31.9 Å². The molecule has 1 rings (SSSR count). The van der Waals surface area contributed by atoms with Gasteiger partial charge in [-0.05, 0) is 21.8 Å². The zero-order chi connectivity index (χ0) is 10.8. The maximum atomic E-state index is 3.67. The summed E-state index contributed by atoms with van der Waals surface area (Å²) in [5.74, 6) is 0. The zero-order valence-electron chi connectivity index (χ0n) is 8.64. The molecule has 1 aromatic rings. The van der Waals surface area contributed by atoms with Crippen LogP contribution in [0.2, 0.25) is 19.6 Å². The number of hydrogen-bond donors (Lipinski definition) is 0. The van der Waals surface area contributed by atoms with Gasteiger partial charge in [0.25, 0.3) is 0 Å². The van der Waals surface area contributed by atoms with E-state index in [2.05, 4.69) is 75.8 Å². The van der Waals surface area contributed by atoms with E-state index in [0.29, 0.717) is 0 Å². The van der Waals surface area contributed by atoms with Gasteiger partial charge in [0.2, 0.25) is 0 Å². The quantitative estimate of drug-likeness (QED) is 0.663. The van der Waals surface area contributed by atoms with Crippen molar-refractivity contribution in [2.24, 2.45) is 0 Å². The largest absolute Gasteiger partial charge is 0.0865 e. The maximum absolute atomic E-state index is 3.67. The molecule has 76 valence electrons. The van der Waals surface area contributed by atoms with Crippen molar-refractivity contribution in [2.75, 3.05) is 0 Å². The van der Waals surface area contributed by atoms with Crippen molar-refractivity contribution in [2.45, 2.75) is 19.6 Å². The molecule has 0 aromatic heterocycles. The van der Waals surface area contributed by atoms with Gasteiger partial charge in [0, 0.05) is 4.47 Å². The second kappa shape index (κ2) is 4.77. The van der Waals surface area contributed by atoms with Crippen LogP contribution in [0.5, 0.6) is 0 Å². The van der Waals surface area contributed by atoms with Crippen molar-refractivity contribution in [1.82, 2.24) is 0 Å². The third-order valence-electron chi connectivity index (χ3n) is 1.90. The van der Waals surface area contributed by atoms with Crippen LogP contribution < -0.4 is 0 Å². The Kier molecular flexibility index (Phi) is 4.16. The molecule has 3 heteroatoms. The highest BCUT2D eigenvalue weighted by Gasteiger charge is 2.17. The lowest BCUT2D eigenvalue weighted by molar-refractivity contribution is 1.60. The number of rotatable bonds is 2. The van der Waals surface area contributed by atoms with Gasteiger partial charge in [-0.2, -0.15) is 0 Å². The minimum Gasteiger partial charge on any atom is -0.0651 e. The Balaban J connectivity index is 3.04. The van der Waals surface area contributed by atoms with Crippen molar-refractivity contribution in [3.05, 3.63) is 38.4 Å². The van der Waals surface area contributed by atoms with Gasteiger partial charge in [-0.3, -0.25) is 0 Å². The fraction of sp³-hybridized carbons (Fsp3) is 0.273. The molecule has 0 spiro atoms. The first-order chi connectivity index (χ1) is 6.41. The Labute approximate surface area is 104 Å². The average molecular weight is 334 g/mol. The predicted octanol–water partition coefficient (Wildman–Crippen LogP) is 5.06. The molecule has 0 radical (unpaired) electrons. The van der Waals surface area contributed by atoms with Crippen LogP contribution in [0.15, 0.2) is 32.8 Å². The van der Waals surface area contributed by atoms with E-state index in [1.54, 1.807) is 0 Å². The van der Waals surface area contributed by atoms with Crippen LogP contribution in [0.25, 0.3) is 6.08 Å². The molecule has 0 fully saturated rings. The van der Waals surface area contributed by atoms with E-state index in [1.807, 2.05) is 6.07 Å². The molecule has 0 aliphatic rings. The van der Waals surface area contributed by atoms with Gasteiger partial charge >= 0.3 is 0 Å². The monoisotopic (exact) mass is 332 g/mol. The smallest absolute Gasteiger partial charge is 0.0651 e. The third kappa shape index (κ3) is 3.37. The standard InChI is InChI=1S/C11H14Br2Si/c1-14(2,3)11(13)8-9-6-4-5-7-10(9)12/h4-8H,1-3H3/b11-8+. The van der Waals surface area contributed by atoms with Gasteiger partial charge in [-0.15, -0.1) is 0 Å². The fourth-order valence-corrected chi connectivity index (χ4v) is 2.18. The second-order valence-corrected chi connectivity index (χ2v) is 11.7. The van der Waals surface area contributed by atoms with Crippen LogP contribution in [0, 0.1) is 0 Å². The number of halogens is 2. The van der Waals surface area contributed by atoms with Gasteiger partial charge in [-0.1, -0.05) is 69.7 Å². The van der Waals surface area contributed by atoms with Gasteiger partial charge in [-0.25, -0.2) is 0 Å². The summed E-state index contributed by atoms with van der Waals surface area (Å²) in [6.45, 7) is 6.97. The topological polar surface area (TPSA) is 0 Å². The summed E-state index contributed by atoms with van der Waals surface area (Å²) in [4.78, 5) is 0. The summed E-state index contributed by atoms with van der Waals surface area (Å²) in [6.07, 6.45) is 2.22. The van der Waals surface area contributed by atoms with Crippen LogP contribution in [0.3, 0.4) is 0 Å². The summed E-state index contributed by atoms with van der Waals surface area (Å²) >= 11 is 7.21. The first-order valence-electron chi connectivity index (χ1n) is 4.53. The molecule has 0 amide bonds. The molecule has 0 unspecified atom stereocenters. The van der Waals surface area contributed by atoms with E-state index < -0.39 is 8.07 Å². The van der Waals surface area contributed by atoms with E-state index >= 15 is 0 Å². The minimum atomic E-state index is -1.21. The molecular weight excluding hydrogens is 320 g/mol. The minimum absolute atomic E-state index is 1.15. The van der Waals surface area contributed by atoms with Gasteiger partial charge < -0.3 is 0 Å². The van der Waals surface area contributed by atoms with E-state index in [9.17, 15) is 0 Å². The predicted molar refractivity (Wildman–Crippen MR) is 74.4 cm³/mol. The molecule has 0 aliphatic carbocycles. The van der Waals surface area contributed by atoms with Crippen molar-refractivity contribution in [1.29, 1.82) is 0 Å². The van der Waals surface area contributed by atoms with E-state index in [4.69, 9.17) is 0 Å². The second-order valence-electron chi connectivity index (χ2n) is 4.26. The van der Waals surface area contributed by atoms with Gasteiger partial charge in [0.15, 0.2) is 0 Å². The molecular formula is C11H14Br2Si. The summed E-state index contributed by atoms with van der Waals surface area (Å²) in [5.41, 5.74) is 1.24. The lowest BCUT2D eigenvalue weighted by atomic mass is 10.2. The van der Waals surface area contributed by atoms with Gasteiger partial charge in [0.05, 0.1) is 8.07 Å². The number of benzene rings is 1. The van der Waals surface area contributed by atoms with Crippen LogP contribution in [0.1, 0.15) is 5.56 Å². The first kappa shape index (κ1) is 12.2. The van der Waals surface area contributed by atoms with E-state index in [0.717, 1.165) is 4.47 Å². The molecule has 0 atom stereocenters. The van der Waals surface area contributed by atoms with E-state index in [-0.39, 0.29) is 0 Å². The number of hydrogen-bond acceptors (Lipinski definition) is 0. The third-order valence-corrected chi connectivity index (χ3v) is 8.00. The van der Waals surface area contributed by atoms with Crippen LogP contribution in [-0.2, 0) is 0 Å². The van der Waals surface area contributed by atoms with Crippen LogP contribution in [-0.4, -0.2) is 8.07 Å². The Morgan fingerprint density at radius 1 is 1.21 bits per heavy atom. The summed E-state index contributed by atoms with van der Waals surface area (Å²) in [7, 11) is -1.21. The first-order valence-corrected chi connectivity index (χ1v) is 9.62. The maximum Gasteiger partial charge on any atom is 0.0865 e. The fourth-order valence-electron chi connectivity index (χ4n) is 0.945. The highest BCUT2D eigenvalue weighted by atomic mass is 79.9. The molecule has 0 aliphatic heterocycles. The molecule has 0 bridgehead atoms. The molecule has 1 aromatic carbocycles. The Morgan fingerprint density at radius 2 is 1.79 bits per heavy atom. The lowest BCUT2D eigenvalue weighted by Crippen LogP contribution is -2.20. The highest BCUT2D eigenvalue weighted by Crippen LogP contribution is 2.26. The Hall–Kier alpha value is 0.137. The SMILES string of the molecule is C[Si](C)(C)/C(Br)=C/c1ccccc1Br. The molecule has 0 nitrogen and oxygen atoms in total. The molecule has 0 heterocycles. The summed E-state index contributed by atoms with van der Waals surface area (Å²) < 4.78 is 2.49. The summed E-state index contributed by atoms with van der Waals surface area (Å²) in [6, 6.07) is 8.27. The molecule has 0 saturated carbocycles.